The predicted octanol–water partition coefficient (Wildman–Crippen LogP) is 2.39. The molecule has 3 aromatic heterocycles. The highest BCUT2D eigenvalue weighted by atomic mass is 32.2. The molecule has 0 aliphatic rings. The molecular formula is C14H15N5OS2. The number of hydrogen-bond donors (Lipinski definition) is 1. The lowest BCUT2D eigenvalue weighted by Gasteiger charge is -2.11. The lowest BCUT2D eigenvalue weighted by Crippen LogP contribution is -2.27. The van der Waals surface area contributed by atoms with Crippen molar-refractivity contribution in [3.05, 3.63) is 34.9 Å². The van der Waals surface area contributed by atoms with Gasteiger partial charge in [-0.2, -0.15) is 5.10 Å². The van der Waals surface area contributed by atoms with Crippen LogP contribution in [0.2, 0.25) is 0 Å². The van der Waals surface area contributed by atoms with Crippen molar-refractivity contribution >= 4 is 40.0 Å². The molecule has 0 saturated carbocycles. The second-order valence-corrected chi connectivity index (χ2v) is 6.72. The third-order valence-corrected chi connectivity index (χ3v) is 5.24. The van der Waals surface area contributed by atoms with E-state index in [-0.39, 0.29) is 11.9 Å². The zero-order valence-electron chi connectivity index (χ0n) is 12.2. The van der Waals surface area contributed by atoms with Crippen molar-refractivity contribution in [3.63, 3.8) is 0 Å². The number of amides is 1. The molecule has 0 fully saturated rings. The molecule has 0 aromatic carbocycles. The second-order valence-electron chi connectivity index (χ2n) is 4.78. The van der Waals surface area contributed by atoms with Gasteiger partial charge in [0, 0.05) is 11.9 Å². The van der Waals surface area contributed by atoms with Crippen molar-refractivity contribution in [2.45, 2.75) is 18.0 Å². The van der Waals surface area contributed by atoms with Gasteiger partial charge in [-0.05, 0) is 18.4 Å². The van der Waals surface area contributed by atoms with Crippen LogP contribution in [0.4, 0.5) is 0 Å². The van der Waals surface area contributed by atoms with Gasteiger partial charge in [0.25, 0.3) is 0 Å². The summed E-state index contributed by atoms with van der Waals surface area (Å²) in [6.45, 7) is 1.98. The molecule has 3 heterocycles. The summed E-state index contributed by atoms with van der Waals surface area (Å²) in [5, 5.41) is 10.8. The normalized spacial score (nSPS) is 12.5. The van der Waals surface area contributed by atoms with Crippen molar-refractivity contribution in [3.8, 4) is 0 Å². The number of aryl methyl sites for hydroxylation is 1. The fraction of sp³-hybridized carbons (Fsp3) is 0.286. The number of thiophene rings is 1. The number of rotatable bonds is 5. The van der Waals surface area contributed by atoms with E-state index >= 15 is 0 Å². The average molecular weight is 333 g/mol. The van der Waals surface area contributed by atoms with Crippen LogP contribution in [0, 0.1) is 0 Å². The van der Waals surface area contributed by atoms with E-state index in [4.69, 9.17) is 0 Å². The maximum absolute atomic E-state index is 12.1. The highest BCUT2D eigenvalue weighted by Crippen LogP contribution is 2.24. The third-order valence-electron chi connectivity index (χ3n) is 3.18. The Balaban J connectivity index is 1.63. The molecule has 3 aromatic rings. The van der Waals surface area contributed by atoms with Crippen molar-refractivity contribution < 1.29 is 4.79 Å². The van der Waals surface area contributed by atoms with Crippen molar-refractivity contribution in [1.29, 1.82) is 0 Å². The van der Waals surface area contributed by atoms with Gasteiger partial charge in [0.05, 0.1) is 23.4 Å². The standard InChI is InChI=1S/C14H15N5OS2/c1-9(11-4-3-5-21-11)18-12(20)7-22-14-10-6-17-19(2)13(10)15-8-16-14/h3-6,8-9H,7H2,1-2H3,(H,18,20). The SMILES string of the molecule is CC(NC(=O)CSc1ncnc2c1cnn2C)c1cccs1. The highest BCUT2D eigenvalue weighted by Gasteiger charge is 2.13. The maximum Gasteiger partial charge on any atom is 0.230 e. The summed E-state index contributed by atoms with van der Waals surface area (Å²) in [6.07, 6.45) is 3.22. The molecule has 1 atom stereocenters. The van der Waals surface area contributed by atoms with Crippen LogP contribution in [0.15, 0.2) is 35.1 Å². The molecule has 0 aliphatic carbocycles. The largest absolute Gasteiger partial charge is 0.348 e. The summed E-state index contributed by atoms with van der Waals surface area (Å²) in [7, 11) is 1.83. The molecule has 1 N–H and O–H groups in total. The number of nitrogens with one attached hydrogen (secondary N) is 1. The molecule has 6 nitrogen and oxygen atoms in total. The molecule has 0 spiro atoms. The second kappa shape index (κ2) is 6.45. The topological polar surface area (TPSA) is 72.7 Å². The Kier molecular flexibility index (Phi) is 4.39. The van der Waals surface area contributed by atoms with Crippen LogP contribution >= 0.6 is 23.1 Å². The Morgan fingerprint density at radius 2 is 2.36 bits per heavy atom. The monoisotopic (exact) mass is 333 g/mol. The quantitative estimate of drug-likeness (QED) is 0.573. The van der Waals surface area contributed by atoms with Gasteiger partial charge in [-0.1, -0.05) is 17.8 Å². The fourth-order valence-electron chi connectivity index (χ4n) is 2.08. The highest BCUT2D eigenvalue weighted by molar-refractivity contribution is 8.00. The lowest BCUT2D eigenvalue weighted by molar-refractivity contribution is -0.119. The maximum atomic E-state index is 12.1. The first-order valence-corrected chi connectivity index (χ1v) is 8.60. The van der Waals surface area contributed by atoms with Crippen LogP contribution in [0.3, 0.4) is 0 Å². The first kappa shape index (κ1) is 15.0. The molecule has 1 unspecified atom stereocenters. The van der Waals surface area contributed by atoms with Crippen molar-refractivity contribution in [2.75, 3.05) is 5.75 Å². The molecule has 0 aliphatic heterocycles. The summed E-state index contributed by atoms with van der Waals surface area (Å²) in [5.74, 6) is 0.304. The minimum atomic E-state index is -0.0125. The molecule has 0 saturated heterocycles. The van der Waals surface area contributed by atoms with Crippen LogP contribution < -0.4 is 5.32 Å². The number of nitrogens with zero attached hydrogens (tertiary/aromatic N) is 4. The minimum absolute atomic E-state index is 0.0125. The number of thioether (sulfide) groups is 1. The van der Waals surface area contributed by atoms with E-state index in [0.717, 1.165) is 20.9 Å². The van der Waals surface area contributed by atoms with Gasteiger partial charge < -0.3 is 5.32 Å². The Labute approximate surface area is 136 Å². The summed E-state index contributed by atoms with van der Waals surface area (Å²) in [6, 6.07) is 4.03. The molecule has 22 heavy (non-hydrogen) atoms. The summed E-state index contributed by atoms with van der Waals surface area (Å²) in [4.78, 5) is 21.6. The van der Waals surface area contributed by atoms with E-state index in [9.17, 15) is 4.79 Å². The lowest BCUT2D eigenvalue weighted by atomic mass is 10.3. The van der Waals surface area contributed by atoms with Gasteiger partial charge in [0.1, 0.15) is 11.4 Å². The van der Waals surface area contributed by atoms with E-state index < -0.39 is 0 Å². The van der Waals surface area contributed by atoms with Crippen molar-refractivity contribution in [2.24, 2.45) is 7.05 Å². The molecule has 3 rings (SSSR count). The molecule has 1 amide bonds. The van der Waals surface area contributed by atoms with E-state index in [1.807, 2.05) is 31.5 Å². The fourth-order valence-corrected chi connectivity index (χ4v) is 3.59. The number of fused-ring (bicyclic) bond motifs is 1. The summed E-state index contributed by atoms with van der Waals surface area (Å²) < 4.78 is 1.69. The Bertz CT molecular complexity index is 784. The molecular weight excluding hydrogens is 318 g/mol. The zero-order chi connectivity index (χ0) is 15.5. The number of hydrogen-bond acceptors (Lipinski definition) is 6. The van der Waals surface area contributed by atoms with Gasteiger partial charge in [0.15, 0.2) is 5.65 Å². The molecule has 114 valence electrons. The summed E-state index contributed by atoms with van der Waals surface area (Å²) >= 11 is 3.04. The van der Waals surface area contributed by atoms with E-state index in [2.05, 4.69) is 20.4 Å². The van der Waals surface area contributed by atoms with Crippen LogP contribution in [0.5, 0.6) is 0 Å². The molecule has 0 bridgehead atoms. The Hall–Kier alpha value is -1.93. The number of carbonyl (C=O) groups excluding carboxylic acids is 1. The van der Waals surface area contributed by atoms with Crippen LogP contribution in [-0.4, -0.2) is 31.4 Å². The van der Waals surface area contributed by atoms with Gasteiger partial charge >= 0.3 is 0 Å². The molecule has 0 radical (unpaired) electrons. The number of aromatic nitrogens is 4. The minimum Gasteiger partial charge on any atom is -0.348 e. The first-order valence-electron chi connectivity index (χ1n) is 6.73. The molecule has 8 heteroatoms. The zero-order valence-corrected chi connectivity index (χ0v) is 13.8. The smallest absolute Gasteiger partial charge is 0.230 e. The summed E-state index contributed by atoms with van der Waals surface area (Å²) in [5.41, 5.74) is 0.768. The van der Waals surface area contributed by atoms with Crippen LogP contribution in [-0.2, 0) is 11.8 Å². The van der Waals surface area contributed by atoms with E-state index in [1.54, 1.807) is 22.2 Å². The van der Waals surface area contributed by atoms with Gasteiger partial charge in [-0.3, -0.25) is 9.48 Å². The number of carbonyl (C=O) groups is 1. The van der Waals surface area contributed by atoms with Crippen LogP contribution in [0.25, 0.3) is 11.0 Å². The third kappa shape index (κ3) is 3.12. The average Bonchev–Trinajstić information content (AvgIpc) is 3.16. The van der Waals surface area contributed by atoms with E-state index in [0.29, 0.717) is 5.75 Å². The van der Waals surface area contributed by atoms with Crippen LogP contribution in [0.1, 0.15) is 17.8 Å². The predicted molar refractivity (Wildman–Crippen MR) is 87.9 cm³/mol. The van der Waals surface area contributed by atoms with Crippen molar-refractivity contribution in [1.82, 2.24) is 25.1 Å². The van der Waals surface area contributed by atoms with Gasteiger partial charge in [0.2, 0.25) is 5.91 Å². The Morgan fingerprint density at radius 1 is 1.50 bits per heavy atom. The van der Waals surface area contributed by atoms with Gasteiger partial charge in [-0.25, -0.2) is 9.97 Å². The first-order chi connectivity index (χ1) is 10.6. The van der Waals surface area contributed by atoms with E-state index in [1.165, 1.54) is 18.1 Å². The Morgan fingerprint density at radius 3 is 3.14 bits per heavy atom. The van der Waals surface area contributed by atoms with Gasteiger partial charge in [-0.15, -0.1) is 11.3 Å².